The molecule has 0 aliphatic rings. The molecule has 0 fully saturated rings. The van der Waals surface area contributed by atoms with E-state index in [4.69, 9.17) is 24.9 Å². The van der Waals surface area contributed by atoms with Crippen LogP contribution in [0.5, 0.6) is 0 Å². The van der Waals surface area contributed by atoms with E-state index in [0.717, 1.165) is 49.1 Å². The molecule has 4 heterocycles. The quantitative estimate of drug-likeness (QED) is 0.177. The van der Waals surface area contributed by atoms with Crippen LogP contribution in [0.4, 0.5) is 0 Å². The molecule has 0 N–H and O–H groups in total. The predicted octanol–water partition coefficient (Wildman–Crippen LogP) is 12.9. The predicted molar refractivity (Wildman–Crippen MR) is 226 cm³/mol. The minimum absolute atomic E-state index is 0.608. The molecule has 0 unspecified atom stereocenters. The minimum atomic E-state index is 0.608. The van der Waals surface area contributed by atoms with Crippen LogP contribution in [0, 0.1) is 0 Å². The number of rotatable bonds is 5. The topological polar surface area (TPSA) is 64.5 Å². The third-order valence-electron chi connectivity index (χ3n) is 9.95. The first-order valence-electron chi connectivity index (χ1n) is 17.7. The molecule has 0 spiro atoms. The van der Waals surface area contributed by atoms with Gasteiger partial charge in [-0.3, -0.25) is 0 Å². The monoisotopic (exact) mass is 725 g/mol. The van der Waals surface area contributed by atoms with Crippen LogP contribution >= 0.6 is 22.7 Å². The van der Waals surface area contributed by atoms with Gasteiger partial charge in [-0.05, 0) is 41.1 Å². The molecule has 0 saturated heterocycles. The fourth-order valence-corrected chi connectivity index (χ4v) is 9.57. The van der Waals surface area contributed by atoms with E-state index in [1.807, 2.05) is 47.7 Å². The number of thiophene rings is 2. The van der Waals surface area contributed by atoms with Crippen LogP contribution in [0.15, 0.2) is 164 Å². The molecule has 0 aliphatic carbocycles. The van der Waals surface area contributed by atoms with Crippen molar-refractivity contribution in [1.29, 1.82) is 0 Å². The summed E-state index contributed by atoms with van der Waals surface area (Å²) in [6, 6.07) is 56.8. The van der Waals surface area contributed by atoms with Crippen LogP contribution in [0.1, 0.15) is 0 Å². The molecular weight excluding hydrogens is 699 g/mol. The second-order valence-corrected chi connectivity index (χ2v) is 15.4. The molecule has 0 bridgehead atoms. The highest BCUT2D eigenvalue weighted by molar-refractivity contribution is 7.26. The summed E-state index contributed by atoms with van der Waals surface area (Å²) < 4.78 is 4.81. The molecule has 0 atom stereocenters. The van der Waals surface area contributed by atoms with Crippen molar-refractivity contribution in [3.8, 4) is 56.8 Å². The van der Waals surface area contributed by atoms with Crippen LogP contribution in [-0.2, 0) is 0 Å². The van der Waals surface area contributed by atoms with Gasteiger partial charge in [0.2, 0.25) is 0 Å². The summed E-state index contributed by atoms with van der Waals surface area (Å²) in [5, 5.41) is 6.11. The Kier molecular flexibility index (Phi) is 7.15. The fraction of sp³-hybridized carbons (Fsp3) is 0. The van der Waals surface area contributed by atoms with Crippen LogP contribution < -0.4 is 0 Å². The zero-order valence-electron chi connectivity index (χ0n) is 28.6. The van der Waals surface area contributed by atoms with Crippen molar-refractivity contribution in [1.82, 2.24) is 24.9 Å². The second kappa shape index (κ2) is 12.5. The van der Waals surface area contributed by atoms with Gasteiger partial charge >= 0.3 is 0 Å². The van der Waals surface area contributed by atoms with E-state index in [1.165, 1.54) is 35.6 Å². The molecule has 11 aromatic rings. The molecule has 0 radical (unpaired) electrons. The van der Waals surface area contributed by atoms with E-state index in [9.17, 15) is 0 Å². The Morgan fingerprint density at radius 3 is 1.61 bits per heavy atom. The molecule has 0 aliphatic heterocycles. The van der Waals surface area contributed by atoms with Crippen LogP contribution in [0.2, 0.25) is 0 Å². The Bertz CT molecular complexity index is 3210. The Hall–Kier alpha value is -6.67. The molecule has 0 amide bonds. The van der Waals surface area contributed by atoms with Crippen LogP contribution in [0.25, 0.3) is 108 Å². The van der Waals surface area contributed by atoms with Crippen molar-refractivity contribution in [2.24, 2.45) is 0 Å². The van der Waals surface area contributed by atoms with Gasteiger partial charge in [-0.15, -0.1) is 22.7 Å². The average molecular weight is 726 g/mol. The summed E-state index contributed by atoms with van der Waals surface area (Å²) in [4.78, 5) is 25.5. The maximum absolute atomic E-state index is 5.17. The summed E-state index contributed by atoms with van der Waals surface area (Å²) >= 11 is 3.56. The Morgan fingerprint density at radius 1 is 0.333 bits per heavy atom. The number of hydrogen-bond acceptors (Lipinski definition) is 7. The molecule has 0 saturated carbocycles. The lowest BCUT2D eigenvalue weighted by Gasteiger charge is -2.10. The number of benzene rings is 7. The van der Waals surface area contributed by atoms with E-state index in [2.05, 4.69) is 127 Å². The van der Waals surface area contributed by atoms with Crippen molar-refractivity contribution in [2.45, 2.75) is 0 Å². The van der Waals surface area contributed by atoms with Crippen LogP contribution in [0.3, 0.4) is 0 Å². The Morgan fingerprint density at radius 2 is 0.870 bits per heavy atom. The van der Waals surface area contributed by atoms with E-state index >= 15 is 0 Å². The van der Waals surface area contributed by atoms with Crippen molar-refractivity contribution in [3.63, 3.8) is 0 Å². The number of fused-ring (bicyclic) bond motifs is 8. The zero-order chi connectivity index (χ0) is 35.6. The molecule has 7 heteroatoms. The average Bonchev–Trinajstić information content (AvgIpc) is 3.82. The third-order valence-corrected chi connectivity index (χ3v) is 12.3. The highest BCUT2D eigenvalue weighted by Crippen LogP contribution is 2.41. The van der Waals surface area contributed by atoms with Gasteiger partial charge < -0.3 is 0 Å². The summed E-state index contributed by atoms with van der Waals surface area (Å²) in [6.07, 6.45) is 0. The molecule has 5 nitrogen and oxygen atoms in total. The molecule has 54 heavy (non-hydrogen) atoms. The van der Waals surface area contributed by atoms with Crippen molar-refractivity contribution in [2.75, 3.05) is 0 Å². The van der Waals surface area contributed by atoms with Crippen molar-refractivity contribution < 1.29 is 0 Å². The van der Waals surface area contributed by atoms with Crippen LogP contribution in [-0.4, -0.2) is 24.9 Å². The normalized spacial score (nSPS) is 11.7. The second-order valence-electron chi connectivity index (χ2n) is 13.3. The largest absolute Gasteiger partial charge is 0.226 e. The van der Waals surface area contributed by atoms with E-state index in [-0.39, 0.29) is 0 Å². The molecule has 252 valence electrons. The van der Waals surface area contributed by atoms with Gasteiger partial charge in [0, 0.05) is 58.1 Å². The summed E-state index contributed by atoms with van der Waals surface area (Å²) in [7, 11) is 0. The molecule has 4 aromatic heterocycles. The maximum atomic E-state index is 5.17. The summed E-state index contributed by atoms with van der Waals surface area (Å²) in [5.74, 6) is 2.55. The maximum Gasteiger partial charge on any atom is 0.164 e. The standard InChI is InChI=1S/C47H27N5S2/c1-3-12-29(13-4-1)41-43-42(35-17-9-10-18-37(35)54-43)49-44(48-41)31-19-21-32(22-20-31)46-50-45(30-14-5-2-6-15-30)51-47(52-46)33-24-25-38-36(27-33)40-34-16-8-7-11-28(34)23-26-39(40)53-38/h1-27H. The lowest BCUT2D eigenvalue weighted by Crippen LogP contribution is -2.00. The third kappa shape index (κ3) is 5.16. The number of hydrogen-bond donors (Lipinski definition) is 0. The smallest absolute Gasteiger partial charge is 0.164 e. The van der Waals surface area contributed by atoms with E-state index in [1.54, 1.807) is 11.3 Å². The lowest BCUT2D eigenvalue weighted by atomic mass is 10.0. The first-order chi connectivity index (χ1) is 26.7. The van der Waals surface area contributed by atoms with Gasteiger partial charge in [0.05, 0.1) is 15.9 Å². The number of aromatic nitrogens is 5. The Labute approximate surface area is 318 Å². The fourth-order valence-electron chi connectivity index (χ4n) is 7.32. The molecule has 7 aromatic carbocycles. The zero-order valence-corrected chi connectivity index (χ0v) is 30.3. The minimum Gasteiger partial charge on any atom is -0.226 e. The van der Waals surface area contributed by atoms with Gasteiger partial charge in [0.25, 0.3) is 0 Å². The summed E-state index contributed by atoms with van der Waals surface area (Å²) in [5.41, 5.74) is 6.68. The molecule has 11 rings (SSSR count). The van der Waals surface area contributed by atoms with Gasteiger partial charge in [0.15, 0.2) is 23.3 Å². The first-order valence-corrected chi connectivity index (χ1v) is 19.4. The highest BCUT2D eigenvalue weighted by Gasteiger charge is 2.18. The molecular formula is C47H27N5S2. The van der Waals surface area contributed by atoms with Gasteiger partial charge in [-0.1, -0.05) is 133 Å². The summed E-state index contributed by atoms with van der Waals surface area (Å²) in [6.45, 7) is 0. The Balaban J connectivity index is 1.05. The van der Waals surface area contributed by atoms with Crippen molar-refractivity contribution >= 4 is 73.9 Å². The SMILES string of the molecule is c1ccc(-c2nc(-c3ccc(-c4nc(-c5ccccc5)c5sc6ccccc6c5n4)cc3)nc(-c3ccc4sc5ccc6ccccc6c5c4c3)n2)cc1. The number of nitrogens with zero attached hydrogens (tertiary/aromatic N) is 5. The van der Waals surface area contributed by atoms with Gasteiger partial charge in [0.1, 0.15) is 0 Å². The first kappa shape index (κ1) is 30.9. The highest BCUT2D eigenvalue weighted by atomic mass is 32.1. The van der Waals surface area contributed by atoms with Crippen molar-refractivity contribution in [3.05, 3.63) is 164 Å². The van der Waals surface area contributed by atoms with E-state index < -0.39 is 0 Å². The van der Waals surface area contributed by atoms with E-state index in [0.29, 0.717) is 23.3 Å². The van der Waals surface area contributed by atoms with Gasteiger partial charge in [-0.25, -0.2) is 24.9 Å². The lowest BCUT2D eigenvalue weighted by molar-refractivity contribution is 1.07. The van der Waals surface area contributed by atoms with Gasteiger partial charge in [-0.2, -0.15) is 0 Å².